The number of methoxy groups -OCH3 is 1. The van der Waals surface area contributed by atoms with Crippen molar-refractivity contribution in [1.29, 1.82) is 0 Å². The molecular weight excluding hydrogens is 298 g/mol. The van der Waals surface area contributed by atoms with Gasteiger partial charge in [0.1, 0.15) is 0 Å². The van der Waals surface area contributed by atoms with E-state index in [1.165, 1.54) is 12.0 Å². The summed E-state index contributed by atoms with van der Waals surface area (Å²) in [5.74, 6) is -0.276. The quantitative estimate of drug-likeness (QED) is 0.476. The average Bonchev–Trinajstić information content (AvgIpc) is 3.21. The van der Waals surface area contributed by atoms with E-state index in [1.807, 2.05) is 0 Å². The fourth-order valence-electron chi connectivity index (χ4n) is 4.03. The van der Waals surface area contributed by atoms with E-state index in [2.05, 4.69) is 17.5 Å². The van der Waals surface area contributed by atoms with Crippen molar-refractivity contribution < 1.29 is 19.1 Å². The summed E-state index contributed by atoms with van der Waals surface area (Å²) in [6, 6.07) is 0. The highest BCUT2D eigenvalue weighted by Gasteiger charge is 2.58. The molecule has 2 bridgehead atoms. The monoisotopic (exact) mass is 321 g/mol. The van der Waals surface area contributed by atoms with Crippen molar-refractivity contribution >= 4 is 17.7 Å². The number of likely N-dealkylation sites (tertiary alicyclic amines) is 1. The third-order valence-electron chi connectivity index (χ3n) is 5.23. The van der Waals surface area contributed by atoms with E-state index >= 15 is 0 Å². The lowest BCUT2D eigenvalue weighted by atomic mass is 9.85. The lowest BCUT2D eigenvalue weighted by Gasteiger charge is -2.18. The van der Waals surface area contributed by atoms with Gasteiger partial charge in [-0.3, -0.25) is 19.3 Å². The van der Waals surface area contributed by atoms with Crippen molar-refractivity contribution in [2.45, 2.75) is 18.9 Å². The number of hydrogen-bond donors (Lipinski definition) is 2. The predicted octanol–water partition coefficient (Wildman–Crippen LogP) is -0.726. The van der Waals surface area contributed by atoms with Gasteiger partial charge in [-0.2, -0.15) is 0 Å². The van der Waals surface area contributed by atoms with Crippen LogP contribution in [0.25, 0.3) is 0 Å². The van der Waals surface area contributed by atoms with Gasteiger partial charge in [0.05, 0.1) is 24.4 Å². The Morgan fingerprint density at radius 2 is 1.96 bits per heavy atom. The number of amides is 3. The van der Waals surface area contributed by atoms with Crippen LogP contribution in [0, 0.1) is 23.7 Å². The van der Waals surface area contributed by atoms with Crippen molar-refractivity contribution in [2.24, 2.45) is 29.4 Å². The fourth-order valence-corrected chi connectivity index (χ4v) is 4.03. The van der Waals surface area contributed by atoms with Crippen molar-refractivity contribution in [1.82, 2.24) is 10.2 Å². The van der Waals surface area contributed by atoms with E-state index in [4.69, 9.17) is 10.5 Å². The third kappa shape index (κ3) is 2.79. The minimum absolute atomic E-state index is 0.0807. The maximum absolute atomic E-state index is 12.5. The zero-order valence-corrected chi connectivity index (χ0v) is 13.2. The molecule has 7 nitrogen and oxygen atoms in total. The van der Waals surface area contributed by atoms with E-state index in [0.29, 0.717) is 0 Å². The molecule has 5 atom stereocenters. The summed E-state index contributed by atoms with van der Waals surface area (Å²) >= 11 is 0. The molecule has 1 saturated carbocycles. The molecule has 1 heterocycles. The maximum Gasteiger partial charge on any atom is 0.233 e. The lowest BCUT2D eigenvalue weighted by molar-refractivity contribution is -0.141. The molecule has 7 heteroatoms. The Labute approximate surface area is 135 Å². The summed E-state index contributed by atoms with van der Waals surface area (Å²) in [4.78, 5) is 38.0. The van der Waals surface area contributed by atoms with Crippen LogP contribution >= 0.6 is 0 Å². The van der Waals surface area contributed by atoms with Gasteiger partial charge < -0.3 is 15.8 Å². The summed E-state index contributed by atoms with van der Waals surface area (Å²) in [5.41, 5.74) is 5.47. The number of ether oxygens (including phenoxy) is 1. The molecule has 3 aliphatic rings. The molecule has 3 rings (SSSR count). The van der Waals surface area contributed by atoms with Crippen molar-refractivity contribution in [2.75, 3.05) is 26.7 Å². The number of carbonyl (C=O) groups is 3. The smallest absolute Gasteiger partial charge is 0.233 e. The van der Waals surface area contributed by atoms with Crippen molar-refractivity contribution in [3.63, 3.8) is 0 Å². The van der Waals surface area contributed by atoms with Crippen LogP contribution in [-0.4, -0.2) is 55.5 Å². The van der Waals surface area contributed by atoms with E-state index in [-0.39, 0.29) is 73.6 Å². The molecule has 1 aliphatic heterocycles. The summed E-state index contributed by atoms with van der Waals surface area (Å²) in [6.07, 6.45) is 4.93. The van der Waals surface area contributed by atoms with Gasteiger partial charge in [-0.15, -0.1) is 0 Å². The van der Waals surface area contributed by atoms with Gasteiger partial charge >= 0.3 is 0 Å². The molecule has 3 amide bonds. The molecule has 0 radical (unpaired) electrons. The molecule has 0 aromatic rings. The average molecular weight is 321 g/mol. The number of rotatable bonds is 7. The Kier molecular flexibility index (Phi) is 4.50. The molecule has 3 N–H and O–H groups in total. The molecule has 23 heavy (non-hydrogen) atoms. The number of allylic oxidation sites excluding steroid dienone is 2. The Balaban J connectivity index is 1.49. The highest BCUT2D eigenvalue weighted by Crippen LogP contribution is 2.52. The largest absolute Gasteiger partial charge is 0.380 e. The van der Waals surface area contributed by atoms with E-state index in [0.717, 1.165) is 6.42 Å². The molecule has 0 aromatic carbocycles. The Hall–Kier alpha value is -1.73. The normalized spacial score (nSPS) is 32.5. The van der Waals surface area contributed by atoms with Crippen molar-refractivity contribution in [3.8, 4) is 0 Å². The standard InChI is InChI=1S/C16H23N3O4/c1-23-11(8-17)7-12(20)18-4-5-19-15(21)13-9-2-3-10(6-9)14(13)16(19)22/h2-3,9-11,13-14H,4-8,17H2,1H3,(H,18,20). The third-order valence-corrected chi connectivity index (χ3v) is 5.23. The number of imide groups is 1. The maximum atomic E-state index is 12.5. The van der Waals surface area contributed by atoms with Gasteiger partial charge in [0.25, 0.3) is 0 Å². The fraction of sp³-hybridized carbons (Fsp3) is 0.688. The molecule has 2 fully saturated rings. The van der Waals surface area contributed by atoms with Crippen molar-refractivity contribution in [3.05, 3.63) is 12.2 Å². The van der Waals surface area contributed by atoms with Crippen LogP contribution in [0.15, 0.2) is 12.2 Å². The topological polar surface area (TPSA) is 102 Å². The lowest BCUT2D eigenvalue weighted by Crippen LogP contribution is -2.40. The minimum Gasteiger partial charge on any atom is -0.380 e. The SMILES string of the molecule is COC(CN)CC(=O)NCCN1C(=O)C2C3C=CC(C3)C2C1=O. The molecule has 2 aliphatic carbocycles. The Morgan fingerprint density at radius 3 is 2.48 bits per heavy atom. The van der Waals surface area contributed by atoms with Crippen LogP contribution in [0.5, 0.6) is 0 Å². The van der Waals surface area contributed by atoms with Gasteiger partial charge in [0.15, 0.2) is 0 Å². The second kappa shape index (κ2) is 6.41. The van der Waals surface area contributed by atoms with Gasteiger partial charge in [-0.1, -0.05) is 12.2 Å². The summed E-state index contributed by atoms with van der Waals surface area (Å²) in [6.45, 7) is 0.766. The minimum atomic E-state index is -0.314. The van der Waals surface area contributed by atoms with Gasteiger partial charge in [-0.05, 0) is 18.3 Å². The number of nitrogens with one attached hydrogen (secondary N) is 1. The zero-order chi connectivity index (χ0) is 16.6. The summed E-state index contributed by atoms with van der Waals surface area (Å²) < 4.78 is 5.05. The number of fused-ring (bicyclic) bond motifs is 5. The van der Waals surface area contributed by atoms with Gasteiger partial charge in [0.2, 0.25) is 17.7 Å². The molecule has 0 aromatic heterocycles. The molecule has 1 saturated heterocycles. The molecule has 0 spiro atoms. The van der Waals surface area contributed by atoms with Crippen LogP contribution in [-0.2, 0) is 19.1 Å². The van der Waals surface area contributed by atoms with Crippen LogP contribution < -0.4 is 11.1 Å². The molecule has 126 valence electrons. The number of carbonyl (C=O) groups excluding carboxylic acids is 3. The highest BCUT2D eigenvalue weighted by atomic mass is 16.5. The van der Waals surface area contributed by atoms with Crippen LogP contribution in [0.2, 0.25) is 0 Å². The Bertz CT molecular complexity index is 513. The van der Waals surface area contributed by atoms with Crippen LogP contribution in [0.3, 0.4) is 0 Å². The first-order valence-corrected chi connectivity index (χ1v) is 8.10. The summed E-state index contributed by atoms with van der Waals surface area (Å²) in [5, 5.41) is 2.72. The zero-order valence-electron chi connectivity index (χ0n) is 13.2. The van der Waals surface area contributed by atoms with Gasteiger partial charge in [-0.25, -0.2) is 0 Å². The van der Waals surface area contributed by atoms with E-state index < -0.39 is 0 Å². The van der Waals surface area contributed by atoms with Crippen LogP contribution in [0.1, 0.15) is 12.8 Å². The second-order valence-corrected chi connectivity index (χ2v) is 6.48. The highest BCUT2D eigenvalue weighted by molar-refractivity contribution is 6.06. The Morgan fingerprint density at radius 1 is 1.35 bits per heavy atom. The predicted molar refractivity (Wildman–Crippen MR) is 81.9 cm³/mol. The molecular formula is C16H23N3O4. The van der Waals surface area contributed by atoms with Gasteiger partial charge in [0, 0.05) is 26.7 Å². The first-order valence-electron chi connectivity index (χ1n) is 8.10. The molecule has 5 unspecified atom stereocenters. The first kappa shape index (κ1) is 16.1. The van der Waals surface area contributed by atoms with E-state index in [1.54, 1.807) is 0 Å². The van der Waals surface area contributed by atoms with Crippen LogP contribution in [0.4, 0.5) is 0 Å². The number of hydrogen-bond acceptors (Lipinski definition) is 5. The number of nitrogens with two attached hydrogens (primary N) is 1. The first-order chi connectivity index (χ1) is 11.1. The second-order valence-electron chi connectivity index (χ2n) is 6.48. The summed E-state index contributed by atoms with van der Waals surface area (Å²) in [7, 11) is 1.51. The number of nitrogens with zero attached hydrogens (tertiary/aromatic N) is 1. The van der Waals surface area contributed by atoms with E-state index in [9.17, 15) is 14.4 Å².